The van der Waals surface area contributed by atoms with Crippen LogP contribution in [0.1, 0.15) is 46.4 Å². The summed E-state index contributed by atoms with van der Waals surface area (Å²) in [5.74, 6) is 2.55. The Hall–Kier alpha value is -2.83. The van der Waals surface area contributed by atoms with Crippen molar-refractivity contribution in [3.05, 3.63) is 40.7 Å². The van der Waals surface area contributed by atoms with Gasteiger partial charge in [0.2, 0.25) is 5.88 Å². The molecule has 146 valence electrons. The molecule has 7 heteroatoms. The van der Waals surface area contributed by atoms with Crippen molar-refractivity contribution >= 4 is 11.7 Å². The second-order valence-electron chi connectivity index (χ2n) is 7.70. The molecule has 1 fully saturated rings. The quantitative estimate of drug-likeness (QED) is 0.881. The highest BCUT2D eigenvalue weighted by Crippen LogP contribution is 2.29. The summed E-state index contributed by atoms with van der Waals surface area (Å²) >= 11 is 0. The third-order valence-corrected chi connectivity index (χ3v) is 5.70. The number of carbonyl (C=O) groups excluding carboxylic acids is 1. The first-order valence-electron chi connectivity index (χ1n) is 9.99. The Morgan fingerprint density at radius 1 is 1.29 bits per heavy atom. The number of fused-ring (bicyclic) bond motifs is 2. The number of nitrogens with one attached hydrogen (secondary N) is 1. The number of ether oxygens (including phenoxy) is 2. The molecule has 2 aromatic heterocycles. The molecule has 2 aromatic rings. The standard InChI is InChI=1S/C21H24N4O3/c1-13-9-17-18(12-22-20(17)26)24-19(13)25-6-4-15(5-7-25)28-16-10-14-3-2-8-27-21(14)23-11-16/h9-11,15H,2-8,12H2,1H3,(H,22,26). The number of carbonyl (C=O) groups is 1. The SMILES string of the molecule is Cc1cc2c(nc1N1CCC(Oc3cnc4c(c3)CCCO4)CC1)CNC2=O. The van der Waals surface area contributed by atoms with Crippen LogP contribution in [0.5, 0.6) is 11.6 Å². The number of anilines is 1. The fraction of sp³-hybridized carbons (Fsp3) is 0.476. The lowest BCUT2D eigenvalue weighted by Gasteiger charge is -2.34. The van der Waals surface area contributed by atoms with Crippen LogP contribution in [0, 0.1) is 6.92 Å². The average Bonchev–Trinajstić information content (AvgIpc) is 3.08. The Bertz CT molecular complexity index is 922. The second-order valence-corrected chi connectivity index (χ2v) is 7.70. The minimum Gasteiger partial charge on any atom is -0.489 e. The maximum Gasteiger partial charge on any atom is 0.253 e. The van der Waals surface area contributed by atoms with E-state index < -0.39 is 0 Å². The highest BCUT2D eigenvalue weighted by atomic mass is 16.5. The molecule has 3 aliphatic rings. The molecule has 28 heavy (non-hydrogen) atoms. The van der Waals surface area contributed by atoms with Crippen molar-refractivity contribution in [2.24, 2.45) is 0 Å². The Balaban J connectivity index is 1.24. The van der Waals surface area contributed by atoms with Gasteiger partial charge in [0.1, 0.15) is 17.7 Å². The fourth-order valence-electron chi connectivity index (χ4n) is 4.21. The van der Waals surface area contributed by atoms with Crippen LogP contribution in [-0.4, -0.2) is 41.7 Å². The third kappa shape index (κ3) is 3.15. The molecule has 0 saturated carbocycles. The van der Waals surface area contributed by atoms with Crippen LogP contribution in [0.3, 0.4) is 0 Å². The lowest BCUT2D eigenvalue weighted by molar-refractivity contribution is 0.0965. The van der Waals surface area contributed by atoms with E-state index in [1.54, 1.807) is 6.20 Å². The lowest BCUT2D eigenvalue weighted by atomic mass is 10.1. The Morgan fingerprint density at radius 2 is 2.14 bits per heavy atom. The van der Waals surface area contributed by atoms with E-state index in [0.717, 1.165) is 79.6 Å². The molecule has 0 aromatic carbocycles. The van der Waals surface area contributed by atoms with E-state index in [2.05, 4.69) is 21.3 Å². The van der Waals surface area contributed by atoms with Gasteiger partial charge in [-0.15, -0.1) is 0 Å². The first-order chi connectivity index (χ1) is 13.7. The second kappa shape index (κ2) is 6.96. The van der Waals surface area contributed by atoms with Gasteiger partial charge >= 0.3 is 0 Å². The summed E-state index contributed by atoms with van der Waals surface area (Å²) in [5, 5.41) is 2.84. The lowest BCUT2D eigenvalue weighted by Crippen LogP contribution is -2.39. The molecule has 0 aliphatic carbocycles. The molecule has 1 saturated heterocycles. The number of aryl methyl sites for hydroxylation is 2. The molecular formula is C21H24N4O3. The molecule has 1 amide bonds. The number of hydrogen-bond donors (Lipinski definition) is 1. The highest BCUT2D eigenvalue weighted by Gasteiger charge is 2.27. The minimum absolute atomic E-state index is 0.0201. The summed E-state index contributed by atoms with van der Waals surface area (Å²) in [6.07, 6.45) is 5.85. The van der Waals surface area contributed by atoms with E-state index in [4.69, 9.17) is 14.5 Å². The zero-order chi connectivity index (χ0) is 19.1. The topological polar surface area (TPSA) is 76.6 Å². The number of hydrogen-bond acceptors (Lipinski definition) is 6. The van der Waals surface area contributed by atoms with Gasteiger partial charge in [0.05, 0.1) is 30.6 Å². The van der Waals surface area contributed by atoms with Crippen molar-refractivity contribution in [3.8, 4) is 11.6 Å². The van der Waals surface area contributed by atoms with E-state index >= 15 is 0 Å². The molecule has 0 spiro atoms. The summed E-state index contributed by atoms with van der Waals surface area (Å²) in [4.78, 5) is 23.3. The first-order valence-corrected chi connectivity index (χ1v) is 9.99. The Kier molecular flexibility index (Phi) is 4.30. The van der Waals surface area contributed by atoms with E-state index in [0.29, 0.717) is 12.1 Å². The zero-order valence-corrected chi connectivity index (χ0v) is 16.0. The maximum atomic E-state index is 11.8. The van der Waals surface area contributed by atoms with E-state index in [-0.39, 0.29) is 12.0 Å². The molecular weight excluding hydrogens is 356 g/mol. The average molecular weight is 380 g/mol. The molecule has 5 heterocycles. The van der Waals surface area contributed by atoms with Crippen LogP contribution in [0.4, 0.5) is 5.82 Å². The molecule has 0 atom stereocenters. The van der Waals surface area contributed by atoms with Crippen LogP contribution in [0.2, 0.25) is 0 Å². The summed E-state index contributed by atoms with van der Waals surface area (Å²) < 4.78 is 11.8. The maximum absolute atomic E-state index is 11.8. The number of pyridine rings is 2. The molecule has 0 bridgehead atoms. The van der Waals surface area contributed by atoms with Crippen molar-refractivity contribution < 1.29 is 14.3 Å². The van der Waals surface area contributed by atoms with E-state index in [1.807, 2.05) is 13.0 Å². The van der Waals surface area contributed by atoms with Crippen LogP contribution < -0.4 is 19.7 Å². The minimum atomic E-state index is -0.0201. The monoisotopic (exact) mass is 380 g/mol. The third-order valence-electron chi connectivity index (χ3n) is 5.70. The predicted molar refractivity (Wildman–Crippen MR) is 104 cm³/mol. The molecule has 0 unspecified atom stereocenters. The van der Waals surface area contributed by atoms with Crippen LogP contribution in [0.15, 0.2) is 18.3 Å². The first kappa shape index (κ1) is 17.3. The zero-order valence-electron chi connectivity index (χ0n) is 16.0. The number of rotatable bonds is 3. The largest absolute Gasteiger partial charge is 0.489 e. The van der Waals surface area contributed by atoms with Gasteiger partial charge in [0.15, 0.2) is 0 Å². The van der Waals surface area contributed by atoms with E-state index in [1.165, 1.54) is 0 Å². The summed E-state index contributed by atoms with van der Waals surface area (Å²) in [5.41, 5.74) is 3.76. The van der Waals surface area contributed by atoms with Crippen molar-refractivity contribution in [2.45, 2.75) is 45.3 Å². The van der Waals surface area contributed by atoms with Crippen molar-refractivity contribution in [1.82, 2.24) is 15.3 Å². The van der Waals surface area contributed by atoms with Crippen LogP contribution >= 0.6 is 0 Å². The smallest absolute Gasteiger partial charge is 0.253 e. The van der Waals surface area contributed by atoms with Crippen LogP contribution in [-0.2, 0) is 13.0 Å². The van der Waals surface area contributed by atoms with Crippen LogP contribution in [0.25, 0.3) is 0 Å². The molecule has 5 rings (SSSR count). The Morgan fingerprint density at radius 3 is 3.00 bits per heavy atom. The van der Waals surface area contributed by atoms with Gasteiger partial charge < -0.3 is 19.7 Å². The number of nitrogens with zero attached hydrogens (tertiary/aromatic N) is 3. The predicted octanol–water partition coefficient (Wildman–Crippen LogP) is 2.40. The number of piperidine rings is 1. The fourth-order valence-corrected chi connectivity index (χ4v) is 4.21. The van der Waals surface area contributed by atoms with E-state index in [9.17, 15) is 4.79 Å². The van der Waals surface area contributed by atoms with Gasteiger partial charge in [0, 0.05) is 31.5 Å². The van der Waals surface area contributed by atoms with Crippen molar-refractivity contribution in [3.63, 3.8) is 0 Å². The van der Waals surface area contributed by atoms with Gasteiger partial charge in [-0.2, -0.15) is 0 Å². The van der Waals surface area contributed by atoms with Crippen molar-refractivity contribution in [2.75, 3.05) is 24.6 Å². The molecule has 1 N–H and O–H groups in total. The molecule has 7 nitrogen and oxygen atoms in total. The van der Waals surface area contributed by atoms with Gasteiger partial charge in [-0.3, -0.25) is 4.79 Å². The van der Waals surface area contributed by atoms with Gasteiger partial charge in [-0.25, -0.2) is 9.97 Å². The highest BCUT2D eigenvalue weighted by molar-refractivity contribution is 5.98. The summed E-state index contributed by atoms with van der Waals surface area (Å²) in [7, 11) is 0. The van der Waals surface area contributed by atoms with Gasteiger partial charge in [-0.1, -0.05) is 0 Å². The normalized spacial score (nSPS) is 18.9. The molecule has 3 aliphatic heterocycles. The number of aromatic nitrogens is 2. The van der Waals surface area contributed by atoms with Gasteiger partial charge in [0.25, 0.3) is 5.91 Å². The Labute approximate surface area is 164 Å². The molecule has 0 radical (unpaired) electrons. The number of amides is 1. The van der Waals surface area contributed by atoms with Crippen molar-refractivity contribution in [1.29, 1.82) is 0 Å². The summed E-state index contributed by atoms with van der Waals surface area (Å²) in [6, 6.07) is 4.04. The van der Waals surface area contributed by atoms with Gasteiger partial charge in [-0.05, 0) is 37.5 Å². The summed E-state index contributed by atoms with van der Waals surface area (Å²) in [6.45, 7) is 5.08.